The lowest BCUT2D eigenvalue weighted by Gasteiger charge is -2.18. The van der Waals surface area contributed by atoms with Crippen molar-refractivity contribution in [2.45, 2.75) is 12.5 Å². The van der Waals surface area contributed by atoms with E-state index in [9.17, 15) is 13.2 Å². The van der Waals surface area contributed by atoms with Crippen LogP contribution in [0.1, 0.15) is 17.2 Å². The number of hydrogen-bond acceptors (Lipinski definition) is 1. The van der Waals surface area contributed by atoms with Crippen LogP contribution in [0.4, 0.5) is 13.2 Å². The van der Waals surface area contributed by atoms with Gasteiger partial charge in [0, 0.05) is 11.6 Å². The van der Waals surface area contributed by atoms with Gasteiger partial charge in [0.05, 0.1) is 5.02 Å². The third kappa shape index (κ3) is 3.14. The number of hydrogen-bond donors (Lipinski definition) is 1. The van der Waals surface area contributed by atoms with Crippen LogP contribution >= 0.6 is 11.6 Å². The molecule has 5 heteroatoms. The van der Waals surface area contributed by atoms with Crippen LogP contribution in [0.2, 0.25) is 5.02 Å². The van der Waals surface area contributed by atoms with E-state index in [1.165, 1.54) is 30.3 Å². The Hall–Kier alpha value is -1.52. The molecule has 0 spiro atoms. The lowest BCUT2D eigenvalue weighted by molar-refractivity contribution is 0.489. The summed E-state index contributed by atoms with van der Waals surface area (Å²) in [6, 6.07) is 7.42. The first kappa shape index (κ1) is 14.9. The van der Waals surface area contributed by atoms with Gasteiger partial charge in [-0.2, -0.15) is 0 Å². The van der Waals surface area contributed by atoms with E-state index in [1.807, 2.05) is 0 Å². The highest BCUT2D eigenvalue weighted by Crippen LogP contribution is 2.25. The summed E-state index contributed by atoms with van der Waals surface area (Å²) in [5.74, 6) is -1.75. The summed E-state index contributed by atoms with van der Waals surface area (Å²) in [5.41, 5.74) is 0.661. The Kier molecular flexibility index (Phi) is 4.68. The highest BCUT2D eigenvalue weighted by Gasteiger charge is 2.19. The highest BCUT2D eigenvalue weighted by molar-refractivity contribution is 6.30. The summed E-state index contributed by atoms with van der Waals surface area (Å²) in [5, 5.41) is 2.86. The molecule has 0 aliphatic carbocycles. The van der Waals surface area contributed by atoms with Crippen molar-refractivity contribution < 1.29 is 13.2 Å². The fourth-order valence-corrected chi connectivity index (χ4v) is 2.30. The molecular weight excluding hydrogens is 287 g/mol. The van der Waals surface area contributed by atoms with Crippen molar-refractivity contribution in [1.82, 2.24) is 5.32 Å². The van der Waals surface area contributed by atoms with Gasteiger partial charge in [0.15, 0.2) is 0 Å². The summed E-state index contributed by atoms with van der Waals surface area (Å²) >= 11 is 5.71. The minimum atomic E-state index is -0.613. The predicted octanol–water partition coefficient (Wildman–Crippen LogP) is 4.26. The third-order valence-corrected chi connectivity index (χ3v) is 3.41. The molecule has 0 fully saturated rings. The predicted molar refractivity (Wildman–Crippen MR) is 73.3 cm³/mol. The molecule has 1 unspecified atom stereocenters. The molecule has 0 saturated carbocycles. The molecular formula is C15H13ClF3N. The van der Waals surface area contributed by atoms with Crippen molar-refractivity contribution >= 4 is 11.6 Å². The summed E-state index contributed by atoms with van der Waals surface area (Å²) < 4.78 is 40.6. The van der Waals surface area contributed by atoms with Gasteiger partial charge in [0.2, 0.25) is 0 Å². The average molecular weight is 300 g/mol. The van der Waals surface area contributed by atoms with Crippen molar-refractivity contribution in [3.63, 3.8) is 0 Å². The van der Waals surface area contributed by atoms with E-state index in [-0.39, 0.29) is 10.6 Å². The van der Waals surface area contributed by atoms with Gasteiger partial charge in [-0.25, -0.2) is 13.2 Å². The standard InChI is InChI=1S/C15H13ClF3N/c1-20-14(15-12(18)3-2-4-13(15)19)8-9-5-6-11(17)10(16)7-9/h2-7,14,20H,8H2,1H3. The highest BCUT2D eigenvalue weighted by atomic mass is 35.5. The van der Waals surface area contributed by atoms with Crippen molar-refractivity contribution in [3.05, 3.63) is 70.0 Å². The molecule has 106 valence electrons. The Morgan fingerprint density at radius 3 is 2.25 bits per heavy atom. The zero-order valence-corrected chi connectivity index (χ0v) is 11.5. The van der Waals surface area contributed by atoms with Crippen molar-refractivity contribution in [2.24, 2.45) is 0 Å². The SMILES string of the molecule is CNC(Cc1ccc(F)c(Cl)c1)c1c(F)cccc1F. The van der Waals surface area contributed by atoms with Crippen molar-refractivity contribution in [1.29, 1.82) is 0 Å². The molecule has 2 aromatic rings. The lowest BCUT2D eigenvalue weighted by Crippen LogP contribution is -2.21. The molecule has 1 nitrogen and oxygen atoms in total. The Labute approximate surface area is 120 Å². The Morgan fingerprint density at radius 2 is 1.70 bits per heavy atom. The lowest BCUT2D eigenvalue weighted by atomic mass is 9.98. The maximum Gasteiger partial charge on any atom is 0.141 e. The second-order valence-electron chi connectivity index (χ2n) is 4.43. The fraction of sp³-hybridized carbons (Fsp3) is 0.200. The molecule has 2 rings (SSSR count). The summed E-state index contributed by atoms with van der Waals surface area (Å²) in [6.45, 7) is 0. The largest absolute Gasteiger partial charge is 0.313 e. The van der Waals surface area contributed by atoms with Gasteiger partial charge < -0.3 is 5.32 Å². The first-order valence-electron chi connectivity index (χ1n) is 6.08. The van der Waals surface area contributed by atoms with Crippen LogP contribution in [0.25, 0.3) is 0 Å². The molecule has 20 heavy (non-hydrogen) atoms. The van der Waals surface area contributed by atoms with E-state index in [0.29, 0.717) is 12.0 Å². The molecule has 2 aromatic carbocycles. The van der Waals surface area contributed by atoms with Gasteiger partial charge in [-0.15, -0.1) is 0 Å². The topological polar surface area (TPSA) is 12.0 Å². The zero-order chi connectivity index (χ0) is 14.7. The van der Waals surface area contributed by atoms with Crippen LogP contribution in [0.5, 0.6) is 0 Å². The smallest absolute Gasteiger partial charge is 0.141 e. The minimum Gasteiger partial charge on any atom is -0.313 e. The van der Waals surface area contributed by atoms with Crippen LogP contribution in [0.3, 0.4) is 0 Å². The molecule has 0 saturated heterocycles. The zero-order valence-electron chi connectivity index (χ0n) is 10.8. The van der Waals surface area contributed by atoms with E-state index in [1.54, 1.807) is 13.1 Å². The summed E-state index contributed by atoms with van der Waals surface area (Å²) in [6.07, 6.45) is 0.300. The Morgan fingerprint density at radius 1 is 1.05 bits per heavy atom. The summed E-state index contributed by atoms with van der Waals surface area (Å²) in [4.78, 5) is 0. The number of rotatable bonds is 4. The molecule has 1 N–H and O–H groups in total. The molecule has 0 aliphatic heterocycles. The quantitative estimate of drug-likeness (QED) is 0.889. The normalized spacial score (nSPS) is 12.4. The monoisotopic (exact) mass is 299 g/mol. The van der Waals surface area contributed by atoms with Gasteiger partial charge in [-0.3, -0.25) is 0 Å². The van der Waals surface area contributed by atoms with Gasteiger partial charge >= 0.3 is 0 Å². The molecule has 0 heterocycles. The van der Waals surface area contributed by atoms with E-state index in [0.717, 1.165) is 0 Å². The number of benzene rings is 2. The van der Waals surface area contributed by atoms with Crippen molar-refractivity contribution in [2.75, 3.05) is 7.05 Å². The molecule has 0 amide bonds. The van der Waals surface area contributed by atoms with Gasteiger partial charge in [0.1, 0.15) is 17.5 Å². The van der Waals surface area contributed by atoms with Crippen LogP contribution in [-0.4, -0.2) is 7.05 Å². The number of likely N-dealkylation sites (N-methyl/N-ethyl adjacent to an activating group) is 1. The van der Waals surface area contributed by atoms with Crippen molar-refractivity contribution in [3.8, 4) is 0 Å². The number of halogens is 4. The molecule has 0 bridgehead atoms. The Bertz CT molecular complexity index is 596. The maximum atomic E-state index is 13.8. The van der Waals surface area contributed by atoms with Gasteiger partial charge in [-0.05, 0) is 43.3 Å². The van der Waals surface area contributed by atoms with Gasteiger partial charge in [-0.1, -0.05) is 23.7 Å². The third-order valence-electron chi connectivity index (χ3n) is 3.12. The van der Waals surface area contributed by atoms with E-state index in [4.69, 9.17) is 11.6 Å². The van der Waals surface area contributed by atoms with E-state index < -0.39 is 23.5 Å². The minimum absolute atomic E-state index is 0.00800. The molecule has 0 radical (unpaired) electrons. The van der Waals surface area contributed by atoms with Crippen LogP contribution in [0.15, 0.2) is 36.4 Å². The molecule has 1 atom stereocenters. The number of nitrogens with one attached hydrogen (secondary N) is 1. The second-order valence-corrected chi connectivity index (χ2v) is 4.84. The first-order valence-corrected chi connectivity index (χ1v) is 6.46. The van der Waals surface area contributed by atoms with Crippen LogP contribution < -0.4 is 5.32 Å². The fourth-order valence-electron chi connectivity index (χ4n) is 2.09. The first-order chi connectivity index (χ1) is 9.52. The van der Waals surface area contributed by atoms with E-state index >= 15 is 0 Å². The molecule has 0 aliphatic rings. The van der Waals surface area contributed by atoms with Gasteiger partial charge in [0.25, 0.3) is 0 Å². The van der Waals surface area contributed by atoms with Crippen LogP contribution in [0, 0.1) is 17.5 Å². The molecule has 0 aromatic heterocycles. The maximum absolute atomic E-state index is 13.8. The van der Waals surface area contributed by atoms with E-state index in [2.05, 4.69) is 5.32 Å². The summed E-state index contributed by atoms with van der Waals surface area (Å²) in [7, 11) is 1.61. The van der Waals surface area contributed by atoms with Crippen LogP contribution in [-0.2, 0) is 6.42 Å². The Balaban J connectivity index is 2.31. The second kappa shape index (κ2) is 6.29. The average Bonchev–Trinajstić information content (AvgIpc) is 2.41.